The maximum absolute atomic E-state index is 12.1. The van der Waals surface area contributed by atoms with E-state index in [0.29, 0.717) is 10.5 Å². The second-order valence-corrected chi connectivity index (χ2v) is 7.36. The molecule has 132 valence electrons. The van der Waals surface area contributed by atoms with Crippen LogP contribution in [0.5, 0.6) is 5.75 Å². The maximum Gasteiger partial charge on any atom is 0.329 e. The summed E-state index contributed by atoms with van der Waals surface area (Å²) in [5, 5.41) is 10.3. The summed E-state index contributed by atoms with van der Waals surface area (Å²) in [6, 6.07) is 7.44. The smallest absolute Gasteiger partial charge is 0.329 e. The molecule has 2 aromatic heterocycles. The summed E-state index contributed by atoms with van der Waals surface area (Å²) in [5.41, 5.74) is -0.645. The zero-order valence-corrected chi connectivity index (χ0v) is 16.8. The number of aliphatic hydroxyl groups excluding tert-OH is 1. The fourth-order valence-electron chi connectivity index (χ4n) is 2.36. The number of H-pyrrole nitrogens is 1. The molecular weight excluding hydrogens is 507 g/mol. The second-order valence-electron chi connectivity index (χ2n) is 5.40. The number of nitrogens with zero attached hydrogens (tertiary/aromatic N) is 3. The van der Waals surface area contributed by atoms with Crippen molar-refractivity contribution in [1.29, 1.82) is 0 Å². The largest absolute Gasteiger partial charge is 0.491 e. The van der Waals surface area contributed by atoms with Gasteiger partial charge in [-0.05, 0) is 62.8 Å². The standard InChI is InChI=1S/C15H14BrIN4O4/c1-20-12-11(13(23)19-15(20)24)21(14(16)18-12)6-9(22)7-25-10-4-2-8(17)3-5-10/h2-5,9,22H,6-7H2,1H3,(H,19,23,24)/t9-/m0/s1. The summed E-state index contributed by atoms with van der Waals surface area (Å²) in [6.07, 6.45) is -0.871. The first-order valence-electron chi connectivity index (χ1n) is 7.28. The molecule has 3 rings (SSSR count). The Hall–Kier alpha value is -1.66. The minimum atomic E-state index is -0.871. The van der Waals surface area contributed by atoms with Gasteiger partial charge in [-0.25, -0.2) is 9.78 Å². The molecule has 0 unspecified atom stereocenters. The predicted octanol–water partition coefficient (Wildman–Crippen LogP) is 1.23. The number of benzene rings is 1. The molecule has 0 fully saturated rings. The van der Waals surface area contributed by atoms with E-state index in [2.05, 4.69) is 48.5 Å². The number of aromatic amines is 1. The minimum absolute atomic E-state index is 0.0520. The molecule has 10 heteroatoms. The highest BCUT2D eigenvalue weighted by Crippen LogP contribution is 2.17. The molecular formula is C15H14BrIN4O4. The van der Waals surface area contributed by atoms with Crippen molar-refractivity contribution in [1.82, 2.24) is 19.1 Å². The van der Waals surface area contributed by atoms with Gasteiger partial charge in [0, 0.05) is 10.6 Å². The Bertz CT molecular complexity index is 1020. The van der Waals surface area contributed by atoms with Gasteiger partial charge in [0.2, 0.25) is 0 Å². The van der Waals surface area contributed by atoms with E-state index in [0.717, 1.165) is 3.57 Å². The van der Waals surface area contributed by atoms with E-state index in [1.165, 1.54) is 16.2 Å². The fraction of sp³-hybridized carbons (Fsp3) is 0.267. The molecule has 0 radical (unpaired) electrons. The van der Waals surface area contributed by atoms with Gasteiger partial charge in [-0.3, -0.25) is 14.3 Å². The van der Waals surface area contributed by atoms with Crippen LogP contribution in [-0.4, -0.2) is 36.9 Å². The molecule has 0 amide bonds. The summed E-state index contributed by atoms with van der Waals surface area (Å²) in [4.78, 5) is 30.2. The Balaban J connectivity index is 1.81. The lowest BCUT2D eigenvalue weighted by atomic mass is 10.3. The number of aliphatic hydroxyl groups is 1. The van der Waals surface area contributed by atoms with Gasteiger partial charge in [0.15, 0.2) is 15.9 Å². The lowest BCUT2D eigenvalue weighted by Crippen LogP contribution is -2.30. The average Bonchev–Trinajstić information content (AvgIpc) is 2.89. The zero-order chi connectivity index (χ0) is 18.1. The van der Waals surface area contributed by atoms with E-state index in [1.54, 1.807) is 0 Å². The van der Waals surface area contributed by atoms with Crippen molar-refractivity contribution in [2.75, 3.05) is 6.61 Å². The van der Waals surface area contributed by atoms with Gasteiger partial charge in [-0.15, -0.1) is 0 Å². The molecule has 0 aliphatic rings. The zero-order valence-electron chi connectivity index (χ0n) is 13.1. The topological polar surface area (TPSA) is 102 Å². The van der Waals surface area contributed by atoms with Crippen LogP contribution in [0.15, 0.2) is 38.6 Å². The highest BCUT2D eigenvalue weighted by Gasteiger charge is 2.18. The van der Waals surface area contributed by atoms with Crippen molar-refractivity contribution in [2.24, 2.45) is 7.05 Å². The Morgan fingerprint density at radius 3 is 2.72 bits per heavy atom. The van der Waals surface area contributed by atoms with Crippen LogP contribution in [0.25, 0.3) is 11.2 Å². The van der Waals surface area contributed by atoms with E-state index in [9.17, 15) is 14.7 Å². The number of aromatic nitrogens is 4. The van der Waals surface area contributed by atoms with Gasteiger partial charge in [0.1, 0.15) is 18.5 Å². The maximum atomic E-state index is 12.1. The van der Waals surface area contributed by atoms with Gasteiger partial charge in [-0.2, -0.15) is 0 Å². The van der Waals surface area contributed by atoms with Gasteiger partial charge < -0.3 is 14.4 Å². The molecule has 3 aromatic rings. The molecule has 25 heavy (non-hydrogen) atoms. The van der Waals surface area contributed by atoms with Crippen molar-refractivity contribution < 1.29 is 9.84 Å². The third-order valence-electron chi connectivity index (χ3n) is 3.61. The van der Waals surface area contributed by atoms with Crippen molar-refractivity contribution in [3.8, 4) is 5.75 Å². The lowest BCUT2D eigenvalue weighted by Gasteiger charge is -2.14. The monoisotopic (exact) mass is 520 g/mol. The summed E-state index contributed by atoms with van der Waals surface area (Å²) in [7, 11) is 1.51. The van der Waals surface area contributed by atoms with Crippen LogP contribution >= 0.6 is 38.5 Å². The molecule has 0 bridgehead atoms. The first kappa shape index (κ1) is 18.1. The van der Waals surface area contributed by atoms with E-state index in [1.807, 2.05) is 24.3 Å². The summed E-state index contributed by atoms with van der Waals surface area (Å²) in [5.74, 6) is 0.647. The summed E-state index contributed by atoms with van der Waals surface area (Å²) in [6.45, 7) is 0.138. The molecule has 1 atom stereocenters. The number of hydrogen-bond donors (Lipinski definition) is 2. The van der Waals surface area contributed by atoms with E-state index < -0.39 is 17.4 Å². The number of imidazole rings is 1. The number of ether oxygens (including phenoxy) is 1. The van der Waals surface area contributed by atoms with Gasteiger partial charge in [0.25, 0.3) is 5.56 Å². The molecule has 2 N–H and O–H groups in total. The molecule has 1 aromatic carbocycles. The van der Waals surface area contributed by atoms with E-state index in [-0.39, 0.29) is 24.3 Å². The second kappa shape index (κ2) is 7.30. The summed E-state index contributed by atoms with van der Waals surface area (Å²) < 4.78 is 9.74. The van der Waals surface area contributed by atoms with Crippen molar-refractivity contribution in [3.63, 3.8) is 0 Å². The Kier molecular flexibility index (Phi) is 5.29. The highest BCUT2D eigenvalue weighted by molar-refractivity contribution is 14.1. The number of aryl methyl sites for hydroxylation is 1. The van der Waals surface area contributed by atoms with Crippen molar-refractivity contribution in [3.05, 3.63) is 53.4 Å². The SMILES string of the molecule is Cn1c(=O)[nH]c(=O)c2c1nc(Br)n2C[C@H](O)COc1ccc(I)cc1. The van der Waals surface area contributed by atoms with Crippen LogP contribution in [0.4, 0.5) is 0 Å². The first-order chi connectivity index (χ1) is 11.9. The summed E-state index contributed by atoms with van der Waals surface area (Å²) >= 11 is 5.46. The molecule has 0 aliphatic carbocycles. The Labute approximate surface area is 163 Å². The van der Waals surface area contributed by atoms with Gasteiger partial charge in [-0.1, -0.05) is 0 Å². The lowest BCUT2D eigenvalue weighted by molar-refractivity contribution is 0.0928. The quantitative estimate of drug-likeness (QED) is 0.389. The first-order valence-corrected chi connectivity index (χ1v) is 9.15. The molecule has 0 saturated heterocycles. The minimum Gasteiger partial charge on any atom is -0.491 e. The molecule has 2 heterocycles. The van der Waals surface area contributed by atoms with Gasteiger partial charge in [0.05, 0.1) is 6.54 Å². The van der Waals surface area contributed by atoms with Crippen LogP contribution in [0.2, 0.25) is 0 Å². The molecule has 0 aliphatic heterocycles. The predicted molar refractivity (Wildman–Crippen MR) is 104 cm³/mol. The Morgan fingerprint density at radius 1 is 1.36 bits per heavy atom. The molecule has 0 saturated carbocycles. The van der Waals surface area contributed by atoms with Crippen LogP contribution in [0.3, 0.4) is 0 Å². The number of fused-ring (bicyclic) bond motifs is 1. The third kappa shape index (κ3) is 3.80. The number of halogens is 2. The average molecular weight is 521 g/mol. The van der Waals surface area contributed by atoms with Crippen LogP contribution in [0, 0.1) is 3.57 Å². The highest BCUT2D eigenvalue weighted by atomic mass is 127. The normalized spacial score (nSPS) is 12.5. The fourth-order valence-corrected chi connectivity index (χ4v) is 3.21. The molecule has 8 nitrogen and oxygen atoms in total. The van der Waals surface area contributed by atoms with E-state index in [4.69, 9.17) is 4.74 Å². The van der Waals surface area contributed by atoms with Gasteiger partial charge >= 0.3 is 5.69 Å². The third-order valence-corrected chi connectivity index (χ3v) is 4.93. The number of hydrogen-bond acceptors (Lipinski definition) is 5. The van der Waals surface area contributed by atoms with Crippen molar-refractivity contribution >= 4 is 49.7 Å². The van der Waals surface area contributed by atoms with E-state index >= 15 is 0 Å². The van der Waals surface area contributed by atoms with Crippen molar-refractivity contribution in [2.45, 2.75) is 12.6 Å². The number of nitrogens with one attached hydrogen (secondary N) is 1. The number of rotatable bonds is 5. The molecule has 0 spiro atoms. The van der Waals surface area contributed by atoms with Crippen LogP contribution in [0.1, 0.15) is 0 Å². The Morgan fingerprint density at radius 2 is 2.04 bits per heavy atom. The van der Waals surface area contributed by atoms with Crippen LogP contribution in [-0.2, 0) is 13.6 Å². The van der Waals surface area contributed by atoms with Crippen LogP contribution < -0.4 is 16.0 Å².